The number of esters is 3. The third-order valence-corrected chi connectivity index (χ3v) is 16.3. The molecule has 4 rings (SSSR count). The van der Waals surface area contributed by atoms with Gasteiger partial charge < -0.3 is 60.0 Å². The highest BCUT2D eigenvalue weighted by molar-refractivity contribution is 5.99. The molecule has 3 fully saturated rings. The first-order valence-electron chi connectivity index (χ1n) is 28.7. The lowest BCUT2D eigenvalue weighted by Gasteiger charge is -2.37. The first-order chi connectivity index (χ1) is 38.7. The standard InChI is InChI=1S/C58H89N9O15/c1-14-35(7)47-56(77)67-30-20-24-41(67)52(73)61-46(33(3)4)55(76)64(10)42(26-28-45(70)81-13)58(79)82-49(36(8)15-2)53(74)60-38(31-37-21-17-16-18-22-37)54(75)66-29-19-23-40(66)50(71)59-32-43(68)65(11)48(34(5)6)57(78)63(9)39(51(72)62-47)25-27-44(69)80-12/h16-18,21-22,33-36,38-42,46-49H,14-15,19-20,23-32H2,1-13H3,(H,59,71)(H,60,74)(H,61,73)(H,62,72)/t35-,36?,38-,39-,40-,41-,42-,46-,47-,48-,49?/m0/s1. The van der Waals surface area contributed by atoms with Crippen LogP contribution >= 0.6 is 0 Å². The van der Waals surface area contributed by atoms with Gasteiger partial charge in [0.2, 0.25) is 47.3 Å². The molecule has 11 atom stereocenters. The van der Waals surface area contributed by atoms with Crippen molar-refractivity contribution in [1.29, 1.82) is 0 Å². The molecule has 24 nitrogen and oxygen atoms in total. The predicted octanol–water partition coefficient (Wildman–Crippen LogP) is 1.50. The Balaban J connectivity index is 1.87. The molecule has 9 amide bonds. The lowest BCUT2D eigenvalue weighted by molar-refractivity contribution is -0.167. The second kappa shape index (κ2) is 31.3. The minimum absolute atomic E-state index is 0.0441. The lowest BCUT2D eigenvalue weighted by atomic mass is 9.95. The van der Waals surface area contributed by atoms with Crippen molar-refractivity contribution in [2.45, 2.75) is 180 Å². The van der Waals surface area contributed by atoms with E-state index in [4.69, 9.17) is 14.2 Å². The van der Waals surface area contributed by atoms with E-state index in [2.05, 4.69) is 21.3 Å². The van der Waals surface area contributed by atoms with E-state index < -0.39 is 156 Å². The Bertz CT molecular complexity index is 2460. The second-order valence-corrected chi connectivity index (χ2v) is 22.5. The van der Waals surface area contributed by atoms with Crippen molar-refractivity contribution < 1.29 is 71.7 Å². The van der Waals surface area contributed by atoms with Crippen LogP contribution in [-0.4, -0.2) is 205 Å². The van der Waals surface area contributed by atoms with Crippen molar-refractivity contribution in [3.63, 3.8) is 0 Å². The number of carbonyl (C=O) groups is 12. The molecule has 0 aliphatic carbocycles. The first-order valence-corrected chi connectivity index (χ1v) is 28.7. The molecule has 0 saturated carbocycles. The molecule has 3 aliphatic rings. The normalized spacial score (nSPS) is 26.6. The monoisotopic (exact) mass is 1150 g/mol. The van der Waals surface area contributed by atoms with Crippen molar-refractivity contribution in [1.82, 2.24) is 45.8 Å². The van der Waals surface area contributed by atoms with Crippen molar-refractivity contribution in [3.8, 4) is 0 Å². The summed E-state index contributed by atoms with van der Waals surface area (Å²) in [4.78, 5) is 177. The molecule has 3 heterocycles. The number of hydrogen-bond acceptors (Lipinski definition) is 15. The van der Waals surface area contributed by atoms with E-state index in [0.717, 1.165) is 21.8 Å². The largest absolute Gasteiger partial charge is 0.469 e. The molecule has 0 radical (unpaired) electrons. The number of rotatable bonds is 14. The second-order valence-electron chi connectivity index (χ2n) is 22.5. The summed E-state index contributed by atoms with van der Waals surface area (Å²) in [5.41, 5.74) is 0.650. The van der Waals surface area contributed by atoms with E-state index >= 15 is 0 Å². The fourth-order valence-corrected chi connectivity index (χ4v) is 10.7. The maximum absolute atomic E-state index is 14.8. The number of fused-ring (bicyclic) bond motifs is 2. The Hall–Kier alpha value is -7.14. The van der Waals surface area contributed by atoms with Gasteiger partial charge in [0.25, 0.3) is 5.91 Å². The number of amides is 9. The summed E-state index contributed by atoms with van der Waals surface area (Å²) in [5.74, 6) is -11.2. The van der Waals surface area contributed by atoms with Crippen LogP contribution in [0.5, 0.6) is 0 Å². The maximum atomic E-state index is 14.8. The Morgan fingerprint density at radius 1 is 0.598 bits per heavy atom. The number of methoxy groups -OCH3 is 2. The van der Waals surface area contributed by atoms with Crippen LogP contribution in [0.1, 0.15) is 125 Å². The van der Waals surface area contributed by atoms with E-state index in [9.17, 15) is 57.5 Å². The number of ether oxygens (including phenoxy) is 3. The van der Waals surface area contributed by atoms with Gasteiger partial charge in [-0.3, -0.25) is 52.7 Å². The van der Waals surface area contributed by atoms with Gasteiger partial charge in [-0.25, -0.2) is 4.79 Å². The fourth-order valence-electron chi connectivity index (χ4n) is 10.7. The van der Waals surface area contributed by atoms with Crippen LogP contribution in [0.15, 0.2) is 30.3 Å². The maximum Gasteiger partial charge on any atom is 0.329 e. The lowest BCUT2D eigenvalue weighted by Crippen LogP contribution is -2.61. The van der Waals surface area contributed by atoms with E-state index in [0.29, 0.717) is 31.2 Å². The van der Waals surface area contributed by atoms with Gasteiger partial charge in [0.1, 0.15) is 48.3 Å². The number of benzene rings is 1. The van der Waals surface area contributed by atoms with E-state index in [-0.39, 0.29) is 58.0 Å². The zero-order valence-electron chi connectivity index (χ0n) is 50.2. The van der Waals surface area contributed by atoms with Gasteiger partial charge in [-0.2, -0.15) is 0 Å². The number of nitrogens with zero attached hydrogens (tertiary/aromatic N) is 5. The van der Waals surface area contributed by atoms with Crippen LogP contribution in [0.4, 0.5) is 0 Å². The quantitative estimate of drug-likeness (QED) is 0.152. The summed E-state index contributed by atoms with van der Waals surface area (Å²) in [6.45, 7) is 13.3. The third-order valence-electron chi connectivity index (χ3n) is 16.3. The highest BCUT2D eigenvalue weighted by atomic mass is 16.6. The molecule has 1 aromatic carbocycles. The van der Waals surface area contributed by atoms with Crippen LogP contribution in [0.2, 0.25) is 0 Å². The molecule has 4 N–H and O–H groups in total. The summed E-state index contributed by atoms with van der Waals surface area (Å²) in [6, 6.07) is -1.39. The van der Waals surface area contributed by atoms with Gasteiger partial charge in [-0.05, 0) is 68.3 Å². The van der Waals surface area contributed by atoms with Crippen molar-refractivity contribution in [3.05, 3.63) is 35.9 Å². The Labute approximate surface area is 482 Å². The molecular formula is C58H89N9O15. The van der Waals surface area contributed by atoms with Crippen LogP contribution in [0.3, 0.4) is 0 Å². The summed E-state index contributed by atoms with van der Waals surface area (Å²) >= 11 is 0. The van der Waals surface area contributed by atoms with Crippen molar-refractivity contribution in [2.75, 3.05) is 55.0 Å². The van der Waals surface area contributed by atoms with Gasteiger partial charge in [0.15, 0.2) is 6.10 Å². The zero-order valence-corrected chi connectivity index (χ0v) is 50.2. The zero-order chi connectivity index (χ0) is 61.3. The van der Waals surface area contributed by atoms with Gasteiger partial charge in [0, 0.05) is 59.4 Å². The molecule has 82 heavy (non-hydrogen) atoms. The molecular weight excluding hydrogens is 1060 g/mol. The highest BCUT2D eigenvalue weighted by Crippen LogP contribution is 2.26. The van der Waals surface area contributed by atoms with Crippen LogP contribution in [0, 0.1) is 23.7 Å². The van der Waals surface area contributed by atoms with Crippen LogP contribution < -0.4 is 21.3 Å². The van der Waals surface area contributed by atoms with Crippen LogP contribution in [0.25, 0.3) is 0 Å². The fraction of sp³-hybridized carbons (Fsp3) is 0.690. The summed E-state index contributed by atoms with van der Waals surface area (Å²) in [5, 5.41) is 11.1. The summed E-state index contributed by atoms with van der Waals surface area (Å²) in [6.07, 6.45) is -0.993. The topological polar surface area (TPSA) is 297 Å². The molecule has 3 saturated heterocycles. The number of cyclic esters (lactones) is 1. The molecule has 456 valence electrons. The van der Waals surface area contributed by atoms with Gasteiger partial charge in [-0.1, -0.05) is 92.1 Å². The predicted molar refractivity (Wildman–Crippen MR) is 299 cm³/mol. The third kappa shape index (κ3) is 17.2. The molecule has 0 aromatic heterocycles. The van der Waals surface area contributed by atoms with Gasteiger partial charge in [-0.15, -0.1) is 0 Å². The SMILES string of the molecule is CCC(C)C1OC(=O)[C@H](CCC(=O)OC)N(C)C(=O)[C@H](C(C)C)NC(=O)[C@@H]2CCCN2C(=O)[C@H]([C@@H](C)CC)NC(=O)[C@H](CCC(=O)OC)N(C)C(=O)[C@H](C(C)C)N(C)C(=O)CNC(=O)[C@@H]2CCCN2C(=O)[C@H](Cc2ccccc2)NC1=O. The average Bonchev–Trinajstić information content (AvgIpc) is 4.35. The molecule has 3 aliphatic heterocycles. The number of carbonyl (C=O) groups excluding carboxylic acids is 12. The van der Waals surface area contributed by atoms with Crippen molar-refractivity contribution >= 4 is 71.1 Å². The van der Waals surface area contributed by atoms with E-state index in [1.54, 1.807) is 78.8 Å². The number of nitrogens with one attached hydrogen (secondary N) is 4. The minimum Gasteiger partial charge on any atom is -0.469 e. The Morgan fingerprint density at radius 2 is 1.12 bits per heavy atom. The minimum atomic E-state index is -1.55. The molecule has 0 bridgehead atoms. The first kappa shape index (κ1) is 67.4. The van der Waals surface area contributed by atoms with E-state index in [1.165, 1.54) is 38.1 Å². The Kier molecular flexibility index (Phi) is 25.7. The number of likely N-dealkylation sites (N-methyl/N-ethyl adjacent to an activating group) is 3. The summed E-state index contributed by atoms with van der Waals surface area (Å²) in [7, 11) is 6.36. The van der Waals surface area contributed by atoms with E-state index in [1.807, 2.05) is 6.92 Å². The van der Waals surface area contributed by atoms with Crippen LogP contribution in [-0.2, 0) is 78.2 Å². The summed E-state index contributed by atoms with van der Waals surface area (Å²) < 4.78 is 15.8. The molecule has 24 heteroatoms. The van der Waals surface area contributed by atoms with Gasteiger partial charge in [0.05, 0.1) is 20.8 Å². The smallest absolute Gasteiger partial charge is 0.329 e. The molecule has 2 unspecified atom stereocenters. The average molecular weight is 1150 g/mol. The Morgan fingerprint density at radius 3 is 1.66 bits per heavy atom. The van der Waals surface area contributed by atoms with Crippen molar-refractivity contribution in [2.24, 2.45) is 23.7 Å². The molecule has 0 spiro atoms. The van der Waals surface area contributed by atoms with Gasteiger partial charge >= 0.3 is 17.9 Å². The molecule has 1 aromatic rings. The number of hydrogen-bond donors (Lipinski definition) is 4. The highest BCUT2D eigenvalue weighted by Gasteiger charge is 2.45.